The molecule has 0 fully saturated rings. The van der Waals surface area contributed by atoms with Crippen LogP contribution >= 0.6 is 15.9 Å². The fraction of sp³-hybridized carbons (Fsp3) is 0.167. The van der Waals surface area contributed by atoms with Crippen LogP contribution in [0.15, 0.2) is 24.5 Å². The molecule has 9 heavy (non-hydrogen) atoms. The summed E-state index contributed by atoms with van der Waals surface area (Å²) in [6, 6.07) is 3.56. The summed E-state index contributed by atoms with van der Waals surface area (Å²) in [6.45, 7) is 0. The highest BCUT2D eigenvalue weighted by Crippen LogP contribution is 2.00. The summed E-state index contributed by atoms with van der Waals surface area (Å²) < 4.78 is 0.770. The van der Waals surface area contributed by atoms with Crippen molar-refractivity contribution < 1.29 is 4.73 Å². The largest absolute Gasteiger partial charge is 0.619 e. The van der Waals surface area contributed by atoms with Gasteiger partial charge in [0, 0.05) is 17.5 Å². The fourth-order valence-electron chi connectivity index (χ4n) is 0.533. The van der Waals surface area contributed by atoms with Gasteiger partial charge >= 0.3 is 0 Å². The lowest BCUT2D eigenvalue weighted by molar-refractivity contribution is -0.605. The summed E-state index contributed by atoms with van der Waals surface area (Å²) in [4.78, 5) is 0. The molecule has 0 aromatic carbocycles. The van der Waals surface area contributed by atoms with E-state index in [-0.39, 0.29) is 0 Å². The Morgan fingerprint density at radius 2 is 2.00 bits per heavy atom. The van der Waals surface area contributed by atoms with Crippen LogP contribution in [0.2, 0.25) is 0 Å². The lowest BCUT2D eigenvalue weighted by atomic mass is 10.3. The summed E-state index contributed by atoms with van der Waals surface area (Å²) in [6.07, 6.45) is 2.97. The van der Waals surface area contributed by atoms with Crippen molar-refractivity contribution in [3.63, 3.8) is 0 Å². The summed E-state index contributed by atoms with van der Waals surface area (Å²) in [7, 11) is 0. The lowest BCUT2D eigenvalue weighted by Crippen LogP contribution is -2.23. The van der Waals surface area contributed by atoms with Crippen molar-refractivity contribution in [1.82, 2.24) is 0 Å². The van der Waals surface area contributed by atoms with E-state index in [1.807, 2.05) is 0 Å². The van der Waals surface area contributed by atoms with E-state index in [2.05, 4.69) is 15.9 Å². The molecule has 0 saturated heterocycles. The predicted molar refractivity (Wildman–Crippen MR) is 38.0 cm³/mol. The van der Waals surface area contributed by atoms with E-state index in [1.165, 1.54) is 12.4 Å². The SMILES string of the molecule is [O-][n+]1ccc(CBr)cc1. The van der Waals surface area contributed by atoms with E-state index in [4.69, 9.17) is 0 Å². The van der Waals surface area contributed by atoms with Crippen LogP contribution in [0.25, 0.3) is 0 Å². The van der Waals surface area contributed by atoms with E-state index in [0.29, 0.717) is 0 Å². The van der Waals surface area contributed by atoms with Crippen molar-refractivity contribution in [2.75, 3.05) is 0 Å². The highest BCUT2D eigenvalue weighted by molar-refractivity contribution is 9.08. The Labute approximate surface area is 61.8 Å². The zero-order valence-electron chi connectivity index (χ0n) is 4.75. The van der Waals surface area contributed by atoms with Gasteiger partial charge < -0.3 is 5.21 Å². The molecule has 0 N–H and O–H groups in total. The molecule has 1 aromatic heterocycles. The second-order valence-corrected chi connectivity index (χ2v) is 2.26. The lowest BCUT2D eigenvalue weighted by Gasteiger charge is -1.94. The van der Waals surface area contributed by atoms with Gasteiger partial charge in [0.25, 0.3) is 0 Å². The number of pyridine rings is 1. The first-order valence-electron chi connectivity index (χ1n) is 2.56. The summed E-state index contributed by atoms with van der Waals surface area (Å²) in [5.74, 6) is 0. The molecular weight excluding hydrogens is 182 g/mol. The molecule has 0 unspecified atom stereocenters. The number of aromatic nitrogens is 1. The van der Waals surface area contributed by atoms with Crippen LogP contribution in [0.3, 0.4) is 0 Å². The molecule has 0 atom stereocenters. The molecule has 0 bridgehead atoms. The van der Waals surface area contributed by atoms with Crippen LogP contribution in [-0.2, 0) is 5.33 Å². The van der Waals surface area contributed by atoms with Crippen LogP contribution in [0.4, 0.5) is 0 Å². The van der Waals surface area contributed by atoms with E-state index in [1.54, 1.807) is 12.1 Å². The molecule has 0 aliphatic heterocycles. The highest BCUT2D eigenvalue weighted by atomic mass is 79.9. The molecule has 3 heteroatoms. The topological polar surface area (TPSA) is 26.9 Å². The Hall–Kier alpha value is -0.570. The van der Waals surface area contributed by atoms with Crippen molar-refractivity contribution in [3.8, 4) is 0 Å². The minimum atomic E-state index is 0.770. The Balaban J connectivity index is 2.88. The van der Waals surface area contributed by atoms with Crippen molar-refractivity contribution >= 4 is 15.9 Å². The van der Waals surface area contributed by atoms with Crippen LogP contribution in [-0.4, -0.2) is 0 Å². The van der Waals surface area contributed by atoms with Crippen LogP contribution in [0, 0.1) is 5.21 Å². The molecule has 0 saturated carbocycles. The van der Waals surface area contributed by atoms with Gasteiger partial charge in [0.1, 0.15) is 0 Å². The number of halogens is 1. The number of hydrogen-bond donors (Lipinski definition) is 0. The average Bonchev–Trinajstić information content (AvgIpc) is 1.90. The zero-order valence-corrected chi connectivity index (χ0v) is 6.34. The van der Waals surface area contributed by atoms with Gasteiger partial charge in [0.2, 0.25) is 0 Å². The first-order valence-corrected chi connectivity index (χ1v) is 3.69. The number of rotatable bonds is 1. The average molecular weight is 188 g/mol. The van der Waals surface area contributed by atoms with E-state index < -0.39 is 0 Å². The maximum atomic E-state index is 10.4. The van der Waals surface area contributed by atoms with Crippen molar-refractivity contribution in [2.45, 2.75) is 5.33 Å². The molecule has 0 amide bonds. The van der Waals surface area contributed by atoms with Gasteiger partial charge in [0.15, 0.2) is 12.4 Å². The second kappa shape index (κ2) is 2.82. The monoisotopic (exact) mass is 187 g/mol. The molecule has 1 heterocycles. The van der Waals surface area contributed by atoms with Gasteiger partial charge in [0.05, 0.1) is 0 Å². The van der Waals surface area contributed by atoms with Crippen molar-refractivity contribution in [1.29, 1.82) is 0 Å². The first kappa shape index (κ1) is 6.55. The van der Waals surface area contributed by atoms with Crippen LogP contribution in [0.1, 0.15) is 5.56 Å². The maximum Gasteiger partial charge on any atom is 0.180 e. The van der Waals surface area contributed by atoms with E-state index >= 15 is 0 Å². The molecular formula is C6H6BrNO. The van der Waals surface area contributed by atoms with Gasteiger partial charge in [-0.15, -0.1) is 0 Å². The predicted octanol–water partition coefficient (Wildman–Crippen LogP) is 1.21. The maximum absolute atomic E-state index is 10.4. The third-order valence-corrected chi connectivity index (χ3v) is 1.67. The summed E-state index contributed by atoms with van der Waals surface area (Å²) >= 11 is 3.27. The number of alkyl halides is 1. The quantitative estimate of drug-likeness (QED) is 0.369. The van der Waals surface area contributed by atoms with Crippen molar-refractivity contribution in [3.05, 3.63) is 35.3 Å². The van der Waals surface area contributed by atoms with Gasteiger partial charge in [-0.05, 0) is 5.56 Å². The Kier molecular flexibility index (Phi) is 2.05. The Morgan fingerprint density at radius 3 is 2.44 bits per heavy atom. The van der Waals surface area contributed by atoms with Gasteiger partial charge in [-0.25, -0.2) is 0 Å². The number of hydrogen-bond acceptors (Lipinski definition) is 1. The van der Waals surface area contributed by atoms with Crippen LogP contribution < -0.4 is 4.73 Å². The summed E-state index contributed by atoms with van der Waals surface area (Å²) in [5, 5.41) is 11.2. The Bertz CT molecular complexity index is 185. The van der Waals surface area contributed by atoms with Crippen LogP contribution in [0.5, 0.6) is 0 Å². The standard InChI is InChI=1S/C6H6BrNO/c7-5-6-1-3-8(9)4-2-6/h1-4H,5H2. The molecule has 1 rings (SSSR count). The normalized spacial score (nSPS) is 9.44. The van der Waals surface area contributed by atoms with E-state index in [9.17, 15) is 5.21 Å². The second-order valence-electron chi connectivity index (χ2n) is 1.70. The minimum absolute atomic E-state index is 0.770. The molecule has 1 aromatic rings. The smallest absolute Gasteiger partial charge is 0.180 e. The summed E-state index contributed by atoms with van der Waals surface area (Å²) in [5.41, 5.74) is 1.11. The first-order chi connectivity index (χ1) is 4.33. The molecule has 0 aliphatic rings. The third kappa shape index (κ3) is 1.68. The molecule has 48 valence electrons. The fourth-order valence-corrected chi connectivity index (χ4v) is 0.907. The van der Waals surface area contributed by atoms with E-state index in [0.717, 1.165) is 15.6 Å². The molecule has 0 spiro atoms. The van der Waals surface area contributed by atoms with Gasteiger partial charge in [-0.2, -0.15) is 4.73 Å². The molecule has 0 radical (unpaired) electrons. The van der Waals surface area contributed by atoms with Crippen molar-refractivity contribution in [2.24, 2.45) is 0 Å². The zero-order chi connectivity index (χ0) is 6.69. The third-order valence-electron chi connectivity index (χ3n) is 1.03. The minimum Gasteiger partial charge on any atom is -0.619 e. The Morgan fingerprint density at radius 1 is 1.44 bits per heavy atom. The van der Waals surface area contributed by atoms with Gasteiger partial charge in [-0.3, -0.25) is 0 Å². The molecule has 0 aliphatic carbocycles. The highest BCUT2D eigenvalue weighted by Gasteiger charge is 1.89. The number of nitrogens with zero attached hydrogens (tertiary/aromatic N) is 1. The van der Waals surface area contributed by atoms with Gasteiger partial charge in [-0.1, -0.05) is 15.9 Å². The molecule has 2 nitrogen and oxygen atoms in total.